The van der Waals surface area contributed by atoms with Crippen molar-refractivity contribution in [1.82, 2.24) is 4.90 Å². The van der Waals surface area contributed by atoms with Crippen LogP contribution in [0.25, 0.3) is 0 Å². The lowest BCUT2D eigenvalue weighted by molar-refractivity contribution is -0.00516. The zero-order chi connectivity index (χ0) is 10.1. The summed E-state index contributed by atoms with van der Waals surface area (Å²) in [5.41, 5.74) is 0. The average Bonchev–Trinajstić information content (AvgIpc) is 2.19. The molecule has 1 aliphatic heterocycles. The van der Waals surface area contributed by atoms with Gasteiger partial charge in [0.2, 0.25) is 0 Å². The van der Waals surface area contributed by atoms with E-state index in [1.807, 2.05) is 0 Å². The van der Waals surface area contributed by atoms with Crippen LogP contribution in [-0.2, 0) is 14.2 Å². The molecule has 0 aromatic rings. The van der Waals surface area contributed by atoms with E-state index < -0.39 is 0 Å². The molecular formula is C10H21NO3. The Labute approximate surface area is 86.1 Å². The Morgan fingerprint density at radius 2 is 1.21 bits per heavy atom. The van der Waals surface area contributed by atoms with Gasteiger partial charge < -0.3 is 14.2 Å². The highest BCUT2D eigenvalue weighted by atomic mass is 16.5. The highest BCUT2D eigenvalue weighted by Gasteiger charge is 2.03. The van der Waals surface area contributed by atoms with E-state index in [2.05, 4.69) is 11.8 Å². The molecule has 0 spiro atoms. The Morgan fingerprint density at radius 3 is 1.64 bits per heavy atom. The van der Waals surface area contributed by atoms with Crippen molar-refractivity contribution in [3.63, 3.8) is 0 Å². The first-order chi connectivity index (χ1) is 6.93. The quantitative estimate of drug-likeness (QED) is 0.616. The standard InChI is InChI=1S/C10H21NO3/c1-2-11-3-5-12-7-9-14-10-8-13-6-4-11/h2-10H2,1H3. The van der Waals surface area contributed by atoms with Gasteiger partial charge in [-0.25, -0.2) is 0 Å². The zero-order valence-electron chi connectivity index (χ0n) is 9.04. The van der Waals surface area contributed by atoms with Gasteiger partial charge in [0.1, 0.15) is 0 Å². The van der Waals surface area contributed by atoms with E-state index in [1.54, 1.807) is 0 Å². The summed E-state index contributed by atoms with van der Waals surface area (Å²) in [4.78, 5) is 2.34. The van der Waals surface area contributed by atoms with E-state index in [4.69, 9.17) is 14.2 Å². The van der Waals surface area contributed by atoms with E-state index in [-0.39, 0.29) is 0 Å². The number of ether oxygens (including phenoxy) is 3. The maximum atomic E-state index is 5.43. The number of likely N-dealkylation sites (N-methyl/N-ethyl adjacent to an activating group) is 1. The molecule has 84 valence electrons. The van der Waals surface area contributed by atoms with Gasteiger partial charge in [0.25, 0.3) is 0 Å². The molecule has 1 rings (SSSR count). The first kappa shape index (κ1) is 11.9. The molecule has 1 fully saturated rings. The number of hydrogen-bond acceptors (Lipinski definition) is 4. The molecule has 0 bridgehead atoms. The summed E-state index contributed by atoms with van der Waals surface area (Å²) < 4.78 is 16.2. The van der Waals surface area contributed by atoms with Gasteiger partial charge in [0, 0.05) is 13.1 Å². The normalized spacial score (nSPS) is 23.8. The molecule has 0 saturated carbocycles. The molecule has 14 heavy (non-hydrogen) atoms. The minimum absolute atomic E-state index is 0.676. The van der Waals surface area contributed by atoms with Crippen molar-refractivity contribution in [2.24, 2.45) is 0 Å². The summed E-state index contributed by atoms with van der Waals surface area (Å²) in [6, 6.07) is 0. The van der Waals surface area contributed by atoms with Crippen molar-refractivity contribution in [1.29, 1.82) is 0 Å². The van der Waals surface area contributed by atoms with Gasteiger partial charge in [-0.15, -0.1) is 0 Å². The van der Waals surface area contributed by atoms with Gasteiger partial charge in [-0.1, -0.05) is 6.92 Å². The van der Waals surface area contributed by atoms with Crippen LogP contribution in [0.15, 0.2) is 0 Å². The highest BCUT2D eigenvalue weighted by molar-refractivity contribution is 4.54. The van der Waals surface area contributed by atoms with Crippen molar-refractivity contribution in [3.05, 3.63) is 0 Å². The topological polar surface area (TPSA) is 30.9 Å². The van der Waals surface area contributed by atoms with Crippen LogP contribution in [0.2, 0.25) is 0 Å². The van der Waals surface area contributed by atoms with Crippen LogP contribution in [-0.4, -0.2) is 64.2 Å². The third kappa shape index (κ3) is 5.54. The summed E-state index contributed by atoms with van der Waals surface area (Å²) in [7, 11) is 0. The maximum absolute atomic E-state index is 5.43. The molecule has 0 aromatic carbocycles. The Hall–Kier alpha value is -0.160. The van der Waals surface area contributed by atoms with E-state index in [0.29, 0.717) is 26.4 Å². The van der Waals surface area contributed by atoms with Crippen LogP contribution in [0.3, 0.4) is 0 Å². The third-order valence-electron chi connectivity index (χ3n) is 2.29. The van der Waals surface area contributed by atoms with E-state index in [1.165, 1.54) is 0 Å². The Bertz CT molecular complexity index is 121. The molecule has 1 heterocycles. The summed E-state index contributed by atoms with van der Waals surface area (Å²) in [6.07, 6.45) is 0. The molecule has 0 aliphatic carbocycles. The molecule has 0 unspecified atom stereocenters. The van der Waals surface area contributed by atoms with Crippen LogP contribution >= 0.6 is 0 Å². The third-order valence-corrected chi connectivity index (χ3v) is 2.29. The average molecular weight is 203 g/mol. The van der Waals surface area contributed by atoms with E-state index in [9.17, 15) is 0 Å². The van der Waals surface area contributed by atoms with Crippen molar-refractivity contribution in [2.75, 3.05) is 59.3 Å². The second-order valence-electron chi connectivity index (χ2n) is 3.27. The Balaban J connectivity index is 2.17. The molecule has 0 aromatic heterocycles. The predicted octanol–water partition coefficient (Wildman–Crippen LogP) is 0.372. The van der Waals surface area contributed by atoms with Crippen molar-refractivity contribution in [2.45, 2.75) is 6.92 Å². The molecule has 4 heteroatoms. The first-order valence-corrected chi connectivity index (χ1v) is 5.39. The van der Waals surface area contributed by atoms with Gasteiger partial charge in [-0.3, -0.25) is 4.90 Å². The highest BCUT2D eigenvalue weighted by Crippen LogP contribution is 1.91. The van der Waals surface area contributed by atoms with Crippen LogP contribution in [0, 0.1) is 0 Å². The lowest BCUT2D eigenvalue weighted by Gasteiger charge is -2.20. The zero-order valence-corrected chi connectivity index (χ0v) is 9.04. The summed E-state index contributed by atoms with van der Waals surface area (Å²) in [5, 5.41) is 0. The first-order valence-electron chi connectivity index (χ1n) is 5.39. The lowest BCUT2D eigenvalue weighted by atomic mass is 10.4. The fourth-order valence-electron chi connectivity index (χ4n) is 1.36. The lowest BCUT2D eigenvalue weighted by Crippen LogP contribution is -2.32. The van der Waals surface area contributed by atoms with Crippen LogP contribution in [0.5, 0.6) is 0 Å². The van der Waals surface area contributed by atoms with Crippen molar-refractivity contribution >= 4 is 0 Å². The van der Waals surface area contributed by atoms with Crippen LogP contribution in [0.4, 0.5) is 0 Å². The maximum Gasteiger partial charge on any atom is 0.0701 e. The molecule has 0 radical (unpaired) electrons. The summed E-state index contributed by atoms with van der Waals surface area (Å²) in [6.45, 7) is 9.51. The minimum Gasteiger partial charge on any atom is -0.378 e. The Morgan fingerprint density at radius 1 is 0.786 bits per heavy atom. The number of nitrogens with zero attached hydrogens (tertiary/aromatic N) is 1. The Kier molecular flexibility index (Phi) is 6.95. The molecule has 0 atom stereocenters. The number of hydrogen-bond donors (Lipinski definition) is 0. The number of rotatable bonds is 1. The van der Waals surface area contributed by atoms with E-state index in [0.717, 1.165) is 32.8 Å². The van der Waals surface area contributed by atoms with E-state index >= 15 is 0 Å². The largest absolute Gasteiger partial charge is 0.378 e. The smallest absolute Gasteiger partial charge is 0.0701 e. The van der Waals surface area contributed by atoms with Gasteiger partial charge in [-0.2, -0.15) is 0 Å². The second kappa shape index (κ2) is 8.17. The molecule has 1 aliphatic rings. The van der Waals surface area contributed by atoms with Gasteiger partial charge >= 0.3 is 0 Å². The minimum atomic E-state index is 0.676. The summed E-state index contributed by atoms with van der Waals surface area (Å²) >= 11 is 0. The van der Waals surface area contributed by atoms with Gasteiger partial charge in [0.05, 0.1) is 39.6 Å². The second-order valence-corrected chi connectivity index (χ2v) is 3.27. The van der Waals surface area contributed by atoms with Gasteiger partial charge in [0.15, 0.2) is 0 Å². The van der Waals surface area contributed by atoms with Crippen molar-refractivity contribution in [3.8, 4) is 0 Å². The SMILES string of the molecule is CCN1CCOCCOCCOCC1. The van der Waals surface area contributed by atoms with Crippen LogP contribution in [0.1, 0.15) is 6.92 Å². The molecule has 0 N–H and O–H groups in total. The molecular weight excluding hydrogens is 182 g/mol. The van der Waals surface area contributed by atoms with Gasteiger partial charge in [-0.05, 0) is 6.54 Å². The van der Waals surface area contributed by atoms with Crippen LogP contribution < -0.4 is 0 Å². The summed E-state index contributed by atoms with van der Waals surface area (Å²) in [5.74, 6) is 0. The van der Waals surface area contributed by atoms with Crippen molar-refractivity contribution < 1.29 is 14.2 Å². The fourth-order valence-corrected chi connectivity index (χ4v) is 1.36. The monoisotopic (exact) mass is 203 g/mol. The predicted molar refractivity (Wildman–Crippen MR) is 54.6 cm³/mol. The molecule has 1 saturated heterocycles. The molecule has 4 nitrogen and oxygen atoms in total. The fraction of sp³-hybridized carbons (Fsp3) is 1.00. The molecule has 0 amide bonds.